The molecule has 3 aliphatic rings. The van der Waals surface area contributed by atoms with Crippen LogP contribution in [-0.2, 0) is 16.1 Å². The van der Waals surface area contributed by atoms with Gasteiger partial charge in [0.25, 0.3) is 5.91 Å². The highest BCUT2D eigenvalue weighted by Gasteiger charge is 2.37. The van der Waals surface area contributed by atoms with Gasteiger partial charge in [0.05, 0.1) is 6.04 Å². The molecule has 4 rings (SSSR count). The average molecular weight is 412 g/mol. The first-order chi connectivity index (χ1) is 14.6. The zero-order valence-electron chi connectivity index (χ0n) is 17.2. The van der Waals surface area contributed by atoms with Gasteiger partial charge in [-0.2, -0.15) is 0 Å². The lowest BCUT2D eigenvalue weighted by molar-refractivity contribution is -0.143. The maximum atomic E-state index is 13.5. The molecule has 1 saturated heterocycles. The molecule has 1 fully saturated rings. The summed E-state index contributed by atoms with van der Waals surface area (Å²) in [7, 11) is 0. The first-order valence-corrected chi connectivity index (χ1v) is 10.5. The lowest BCUT2D eigenvalue weighted by Gasteiger charge is -2.37. The first-order valence-electron chi connectivity index (χ1n) is 10.5. The number of carbonyl (C=O) groups excluding carboxylic acids is 2. The van der Waals surface area contributed by atoms with Crippen molar-refractivity contribution in [2.24, 2.45) is 11.8 Å². The monoisotopic (exact) mass is 412 g/mol. The van der Waals surface area contributed by atoms with Gasteiger partial charge in [0.2, 0.25) is 5.91 Å². The van der Waals surface area contributed by atoms with Crippen LogP contribution >= 0.6 is 0 Å². The van der Waals surface area contributed by atoms with Crippen molar-refractivity contribution in [1.82, 2.24) is 10.4 Å². The number of hydrogen-bond donors (Lipinski definition) is 2. The number of hydrogen-bond acceptors (Lipinski definition) is 5. The molecule has 2 heterocycles. The highest BCUT2D eigenvalue weighted by atomic mass is 16.5. The molecule has 2 atom stereocenters. The number of benzene rings is 1. The second-order valence-electron chi connectivity index (χ2n) is 8.20. The van der Waals surface area contributed by atoms with Crippen LogP contribution in [0.5, 0.6) is 5.75 Å². The Balaban J connectivity index is 1.64. The number of amides is 2. The van der Waals surface area contributed by atoms with E-state index in [1.54, 1.807) is 23.7 Å². The van der Waals surface area contributed by atoms with E-state index < -0.39 is 5.91 Å². The number of nitrogens with one attached hydrogen (secondary N) is 1. The molecule has 0 spiro atoms. The fraction of sp³-hybridized carbons (Fsp3) is 0.478. The predicted octanol–water partition coefficient (Wildman–Crippen LogP) is 2.84. The van der Waals surface area contributed by atoms with Gasteiger partial charge in [-0.05, 0) is 38.3 Å². The number of ether oxygens (including phenoxy) is 2. The SMILES string of the molecule is CC1=CCC([C@H]2COc3cc(C(=O)NO)ccc3CN2C(=O)C2CCOCC2)C=C1. The molecular weight excluding hydrogens is 384 g/mol. The fourth-order valence-corrected chi connectivity index (χ4v) is 4.40. The Labute approximate surface area is 176 Å². The van der Waals surface area contributed by atoms with Crippen LogP contribution < -0.4 is 10.2 Å². The summed E-state index contributed by atoms with van der Waals surface area (Å²) in [6.07, 6.45) is 8.82. The average Bonchev–Trinajstić information content (AvgIpc) is 2.98. The van der Waals surface area contributed by atoms with Gasteiger partial charge in [0.1, 0.15) is 12.4 Å². The number of nitrogens with zero attached hydrogens (tertiary/aromatic N) is 1. The number of hydroxylamine groups is 1. The lowest BCUT2D eigenvalue weighted by Crippen LogP contribution is -2.49. The van der Waals surface area contributed by atoms with Crippen LogP contribution in [-0.4, -0.2) is 47.8 Å². The smallest absolute Gasteiger partial charge is 0.274 e. The minimum absolute atomic E-state index is 0.0351. The van der Waals surface area contributed by atoms with Crippen LogP contribution in [0.2, 0.25) is 0 Å². The van der Waals surface area contributed by atoms with E-state index >= 15 is 0 Å². The van der Waals surface area contributed by atoms with Crippen molar-refractivity contribution < 1.29 is 24.3 Å². The molecular formula is C23H28N2O5. The Bertz CT molecular complexity index is 872. The van der Waals surface area contributed by atoms with Crippen LogP contribution in [0.1, 0.15) is 42.1 Å². The van der Waals surface area contributed by atoms with E-state index in [4.69, 9.17) is 14.7 Å². The predicted molar refractivity (Wildman–Crippen MR) is 110 cm³/mol. The Morgan fingerprint density at radius 3 is 2.73 bits per heavy atom. The molecule has 1 unspecified atom stereocenters. The third-order valence-electron chi connectivity index (χ3n) is 6.25. The molecule has 7 nitrogen and oxygen atoms in total. The Morgan fingerprint density at radius 2 is 2.03 bits per heavy atom. The summed E-state index contributed by atoms with van der Waals surface area (Å²) in [4.78, 5) is 27.3. The highest BCUT2D eigenvalue weighted by molar-refractivity contribution is 5.93. The summed E-state index contributed by atoms with van der Waals surface area (Å²) in [6.45, 7) is 4.10. The van der Waals surface area contributed by atoms with Gasteiger partial charge in [0, 0.05) is 42.7 Å². The molecule has 1 aromatic carbocycles. The van der Waals surface area contributed by atoms with Gasteiger partial charge in [-0.15, -0.1) is 0 Å². The van der Waals surface area contributed by atoms with Gasteiger partial charge < -0.3 is 14.4 Å². The zero-order chi connectivity index (χ0) is 21.1. The van der Waals surface area contributed by atoms with Crippen LogP contribution in [0.15, 0.2) is 42.0 Å². The van der Waals surface area contributed by atoms with Gasteiger partial charge in [-0.1, -0.05) is 29.9 Å². The summed E-state index contributed by atoms with van der Waals surface area (Å²) in [5.41, 5.74) is 4.05. The minimum Gasteiger partial charge on any atom is -0.491 e. The normalized spacial score (nSPS) is 24.3. The maximum absolute atomic E-state index is 13.5. The molecule has 0 radical (unpaired) electrons. The number of carbonyl (C=O) groups is 2. The maximum Gasteiger partial charge on any atom is 0.274 e. The van der Waals surface area contributed by atoms with E-state index in [9.17, 15) is 9.59 Å². The molecule has 1 aromatic rings. The van der Waals surface area contributed by atoms with Crippen LogP contribution in [0.25, 0.3) is 0 Å². The Morgan fingerprint density at radius 1 is 1.23 bits per heavy atom. The molecule has 0 saturated carbocycles. The summed E-state index contributed by atoms with van der Waals surface area (Å²) < 4.78 is 11.6. The number of allylic oxidation sites excluding steroid dienone is 3. The molecule has 0 aromatic heterocycles. The van der Waals surface area contributed by atoms with Crippen molar-refractivity contribution >= 4 is 11.8 Å². The quantitative estimate of drug-likeness (QED) is 0.589. The third-order valence-corrected chi connectivity index (χ3v) is 6.25. The Hall–Kier alpha value is -2.64. The Kier molecular flexibility index (Phi) is 6.20. The first kappa shape index (κ1) is 20.6. The molecule has 2 aliphatic heterocycles. The van der Waals surface area contributed by atoms with Crippen molar-refractivity contribution in [3.63, 3.8) is 0 Å². The summed E-state index contributed by atoms with van der Waals surface area (Å²) in [6, 6.07) is 4.97. The van der Waals surface area contributed by atoms with Gasteiger partial charge in [0.15, 0.2) is 0 Å². The molecule has 2 amide bonds. The van der Waals surface area contributed by atoms with E-state index in [0.29, 0.717) is 37.7 Å². The van der Waals surface area contributed by atoms with Crippen molar-refractivity contribution in [1.29, 1.82) is 0 Å². The molecule has 7 heteroatoms. The lowest BCUT2D eigenvalue weighted by atomic mass is 9.88. The van der Waals surface area contributed by atoms with Gasteiger partial charge >= 0.3 is 0 Å². The van der Waals surface area contributed by atoms with E-state index in [1.165, 1.54) is 5.57 Å². The largest absolute Gasteiger partial charge is 0.491 e. The van der Waals surface area contributed by atoms with E-state index in [0.717, 1.165) is 24.8 Å². The van der Waals surface area contributed by atoms with Crippen LogP contribution in [0.3, 0.4) is 0 Å². The zero-order valence-corrected chi connectivity index (χ0v) is 17.2. The van der Waals surface area contributed by atoms with E-state index in [2.05, 4.69) is 25.2 Å². The van der Waals surface area contributed by atoms with E-state index in [-0.39, 0.29) is 23.8 Å². The second kappa shape index (κ2) is 9.02. The fourth-order valence-electron chi connectivity index (χ4n) is 4.40. The van der Waals surface area contributed by atoms with Crippen molar-refractivity contribution in [2.75, 3.05) is 19.8 Å². The topological polar surface area (TPSA) is 88.1 Å². The summed E-state index contributed by atoms with van der Waals surface area (Å²) >= 11 is 0. The highest BCUT2D eigenvalue weighted by Crippen LogP contribution is 2.33. The number of fused-ring (bicyclic) bond motifs is 1. The van der Waals surface area contributed by atoms with Gasteiger partial charge in [-0.25, -0.2) is 5.48 Å². The third kappa shape index (κ3) is 4.27. The van der Waals surface area contributed by atoms with E-state index in [1.807, 2.05) is 4.90 Å². The molecule has 2 N–H and O–H groups in total. The summed E-state index contributed by atoms with van der Waals surface area (Å²) in [5, 5.41) is 8.92. The summed E-state index contributed by atoms with van der Waals surface area (Å²) in [5.74, 6) is 0.277. The number of rotatable bonds is 3. The van der Waals surface area contributed by atoms with Crippen molar-refractivity contribution in [3.05, 3.63) is 53.1 Å². The molecule has 160 valence electrons. The molecule has 1 aliphatic carbocycles. The second-order valence-corrected chi connectivity index (χ2v) is 8.20. The standard InChI is InChI=1S/C23H28N2O5/c1-15-2-4-16(5-3-15)20-14-30-21-12-18(22(26)24-28)6-7-19(21)13-25(20)23(27)17-8-10-29-11-9-17/h2-4,6-7,12,16-17,20,28H,5,8-11,13-14H2,1H3,(H,24,26)/t16?,20-/m1/s1. The molecule has 0 bridgehead atoms. The van der Waals surface area contributed by atoms with Crippen molar-refractivity contribution in [3.8, 4) is 5.75 Å². The van der Waals surface area contributed by atoms with Crippen molar-refractivity contribution in [2.45, 2.75) is 38.8 Å². The van der Waals surface area contributed by atoms with Crippen LogP contribution in [0, 0.1) is 11.8 Å². The molecule has 30 heavy (non-hydrogen) atoms. The minimum atomic E-state index is -0.590. The van der Waals surface area contributed by atoms with Crippen LogP contribution in [0.4, 0.5) is 0 Å². The van der Waals surface area contributed by atoms with Gasteiger partial charge in [-0.3, -0.25) is 14.8 Å².